The third kappa shape index (κ3) is 0.932. The van der Waals surface area contributed by atoms with E-state index in [1.54, 1.807) is 6.92 Å². The first-order valence-corrected chi connectivity index (χ1v) is 2.17. The van der Waals surface area contributed by atoms with E-state index in [1.807, 2.05) is 0 Å². The first kappa shape index (κ1) is 5.03. The second kappa shape index (κ2) is 1.78. The smallest absolute Gasteiger partial charge is 0.266 e. The molecule has 0 aliphatic carbocycles. The van der Waals surface area contributed by atoms with E-state index in [1.165, 1.54) is 0 Å². The molecule has 0 bridgehead atoms. The largest absolute Gasteiger partial charge is 0.288 e. The molecular weight excluding hydrogens is 104 g/mol. The predicted molar refractivity (Wildman–Crippen MR) is 28.1 cm³/mol. The highest BCUT2D eigenvalue weighted by Crippen LogP contribution is 1.91. The van der Waals surface area contributed by atoms with Gasteiger partial charge in [0.05, 0.1) is 11.9 Å². The summed E-state index contributed by atoms with van der Waals surface area (Å²) in [6, 6.07) is 0. The highest BCUT2D eigenvalue weighted by Gasteiger charge is 2.02. The summed E-state index contributed by atoms with van der Waals surface area (Å²) in [5.41, 5.74) is 0.539. The molecule has 0 saturated carbocycles. The van der Waals surface area contributed by atoms with Crippen molar-refractivity contribution in [3.63, 3.8) is 0 Å². The van der Waals surface area contributed by atoms with Gasteiger partial charge in [0.15, 0.2) is 0 Å². The van der Waals surface area contributed by atoms with Crippen molar-refractivity contribution in [3.8, 4) is 0 Å². The van der Waals surface area contributed by atoms with Crippen LogP contribution < -0.4 is 5.32 Å². The number of hydrogen-bond acceptors (Lipinski definition) is 2. The lowest BCUT2D eigenvalue weighted by Gasteiger charge is -1.97. The van der Waals surface area contributed by atoms with E-state index in [-0.39, 0.29) is 5.91 Å². The summed E-state index contributed by atoms with van der Waals surface area (Å²) < 4.78 is 0. The quantitative estimate of drug-likeness (QED) is 0.426. The van der Waals surface area contributed by atoms with E-state index < -0.39 is 0 Å². The summed E-state index contributed by atoms with van der Waals surface area (Å²) in [5.74, 6) is -0.304. The van der Waals surface area contributed by atoms with Gasteiger partial charge in [0.25, 0.3) is 5.91 Å². The third-order valence-corrected chi connectivity index (χ3v) is 0.679. The number of amides is 1. The highest BCUT2D eigenvalue weighted by atomic mass is 16.1. The fourth-order valence-electron chi connectivity index (χ4n) is 0.400. The van der Waals surface area contributed by atoms with Crippen molar-refractivity contribution in [2.24, 2.45) is 4.99 Å². The molecule has 0 fully saturated rings. The number of rotatable bonds is 0. The van der Waals surface area contributed by atoms with Crippen LogP contribution in [0.25, 0.3) is 0 Å². The van der Waals surface area contributed by atoms with Crippen molar-refractivity contribution >= 4 is 12.1 Å². The molecule has 0 aromatic rings. The summed E-state index contributed by atoms with van der Waals surface area (Å²) in [6.07, 6.45) is 3.64. The molecule has 3 heteroatoms. The molecular formula is C5H4N2O. The second-order valence-electron chi connectivity index (χ2n) is 1.41. The van der Waals surface area contributed by atoms with Crippen LogP contribution in [0, 0.1) is 6.20 Å². The van der Waals surface area contributed by atoms with E-state index in [4.69, 9.17) is 0 Å². The van der Waals surface area contributed by atoms with Gasteiger partial charge in [-0.05, 0) is 6.92 Å². The van der Waals surface area contributed by atoms with Gasteiger partial charge in [-0.15, -0.1) is 0 Å². The van der Waals surface area contributed by atoms with Crippen molar-refractivity contribution in [1.29, 1.82) is 0 Å². The molecule has 0 saturated heterocycles. The molecule has 3 nitrogen and oxygen atoms in total. The molecule has 8 heavy (non-hydrogen) atoms. The Bertz CT molecular complexity index is 169. The summed E-state index contributed by atoms with van der Waals surface area (Å²) in [4.78, 5) is 13.8. The van der Waals surface area contributed by atoms with Crippen LogP contribution in [0.5, 0.6) is 0 Å². The molecule has 0 aromatic heterocycles. The molecule has 1 amide bonds. The Morgan fingerprint density at radius 3 is 2.88 bits per heavy atom. The van der Waals surface area contributed by atoms with Gasteiger partial charge >= 0.3 is 0 Å². The lowest BCUT2D eigenvalue weighted by atomic mass is 10.4. The molecule has 1 heterocycles. The van der Waals surface area contributed by atoms with Gasteiger partial charge in [0.2, 0.25) is 0 Å². The first-order chi connectivity index (χ1) is 3.79. The van der Waals surface area contributed by atoms with Crippen LogP contribution in [0.1, 0.15) is 6.92 Å². The average molecular weight is 108 g/mol. The van der Waals surface area contributed by atoms with Crippen molar-refractivity contribution in [3.05, 3.63) is 11.9 Å². The number of carbonyl (C=O) groups is 1. The number of nitrogens with zero attached hydrogens (tertiary/aromatic N) is 2. The Morgan fingerprint density at radius 2 is 2.50 bits per heavy atom. The monoisotopic (exact) mass is 108 g/mol. The zero-order valence-corrected chi connectivity index (χ0v) is 4.38. The standard InChI is InChI=1S/C5H4N2O/c1-4-2-6-3-5(8)7-4/h3H,1H3. The lowest BCUT2D eigenvalue weighted by molar-refractivity contribution is -0.114. The number of aliphatic imine (C=N–C) groups is 1. The summed E-state index contributed by atoms with van der Waals surface area (Å²) in [6.45, 7) is 1.68. The maximum atomic E-state index is 10.3. The highest BCUT2D eigenvalue weighted by molar-refractivity contribution is 6.27. The molecule has 0 unspecified atom stereocenters. The SMILES string of the molecule is CC1=[C]N=CC(=O)[N]1. The van der Waals surface area contributed by atoms with E-state index >= 15 is 0 Å². The molecule has 1 rings (SSSR count). The van der Waals surface area contributed by atoms with Crippen LogP contribution >= 0.6 is 0 Å². The molecule has 2 radical (unpaired) electrons. The zero-order chi connectivity index (χ0) is 5.98. The Hall–Kier alpha value is -1.12. The van der Waals surface area contributed by atoms with Crippen molar-refractivity contribution in [2.45, 2.75) is 6.92 Å². The van der Waals surface area contributed by atoms with Gasteiger partial charge in [-0.2, -0.15) is 0 Å². The van der Waals surface area contributed by atoms with Crippen LogP contribution in [0.3, 0.4) is 0 Å². The summed E-state index contributed by atoms with van der Waals surface area (Å²) >= 11 is 0. The topological polar surface area (TPSA) is 43.5 Å². The van der Waals surface area contributed by atoms with Crippen molar-refractivity contribution in [2.75, 3.05) is 0 Å². The van der Waals surface area contributed by atoms with E-state index in [9.17, 15) is 4.79 Å². The molecule has 40 valence electrons. The first-order valence-electron chi connectivity index (χ1n) is 2.17. The lowest BCUT2D eigenvalue weighted by Crippen LogP contribution is -2.17. The Morgan fingerprint density at radius 1 is 1.75 bits per heavy atom. The van der Waals surface area contributed by atoms with Crippen LogP contribution in [0.2, 0.25) is 0 Å². The Balaban J connectivity index is 2.73. The van der Waals surface area contributed by atoms with Gasteiger partial charge in [-0.3, -0.25) is 4.79 Å². The predicted octanol–water partition coefficient (Wildman–Crippen LogP) is -0.134. The van der Waals surface area contributed by atoms with Gasteiger partial charge in [-0.1, -0.05) is 0 Å². The van der Waals surface area contributed by atoms with E-state index in [2.05, 4.69) is 16.5 Å². The summed E-state index contributed by atoms with van der Waals surface area (Å²) in [5, 5.41) is 3.50. The van der Waals surface area contributed by atoms with Gasteiger partial charge in [0, 0.05) is 0 Å². The van der Waals surface area contributed by atoms with Crippen LogP contribution in [-0.4, -0.2) is 12.1 Å². The summed E-state index contributed by atoms with van der Waals surface area (Å²) in [7, 11) is 0. The minimum Gasteiger partial charge on any atom is -0.266 e. The van der Waals surface area contributed by atoms with Crippen LogP contribution in [0.15, 0.2) is 10.7 Å². The average Bonchev–Trinajstić information content (AvgIpc) is 1.64. The maximum Gasteiger partial charge on any atom is 0.288 e. The zero-order valence-electron chi connectivity index (χ0n) is 4.38. The number of hydrogen-bond donors (Lipinski definition) is 0. The van der Waals surface area contributed by atoms with Crippen molar-refractivity contribution < 1.29 is 4.79 Å². The Kier molecular flexibility index (Phi) is 1.12. The van der Waals surface area contributed by atoms with Gasteiger partial charge in [0.1, 0.15) is 6.20 Å². The molecule has 0 aromatic carbocycles. The second-order valence-corrected chi connectivity index (χ2v) is 1.41. The number of allylic oxidation sites excluding steroid dienone is 1. The van der Waals surface area contributed by atoms with E-state index in [0.29, 0.717) is 5.70 Å². The Labute approximate surface area is 47.1 Å². The van der Waals surface area contributed by atoms with Gasteiger partial charge in [-0.25, -0.2) is 10.3 Å². The van der Waals surface area contributed by atoms with Crippen LogP contribution in [-0.2, 0) is 4.79 Å². The fourth-order valence-corrected chi connectivity index (χ4v) is 0.400. The molecule has 0 atom stereocenters. The molecule has 0 N–H and O–H groups in total. The third-order valence-electron chi connectivity index (χ3n) is 0.679. The van der Waals surface area contributed by atoms with Crippen LogP contribution in [0.4, 0.5) is 0 Å². The van der Waals surface area contributed by atoms with E-state index in [0.717, 1.165) is 6.21 Å². The minimum absolute atomic E-state index is 0.304. The molecule has 1 aliphatic rings. The fraction of sp³-hybridized carbons (Fsp3) is 0.200. The van der Waals surface area contributed by atoms with Gasteiger partial charge < -0.3 is 0 Å². The molecule has 1 aliphatic heterocycles. The minimum atomic E-state index is -0.304. The molecule has 0 spiro atoms. The number of carbonyl (C=O) groups excluding carboxylic acids is 1. The maximum absolute atomic E-state index is 10.3. The normalized spacial score (nSPS) is 17.6. The van der Waals surface area contributed by atoms with Crippen molar-refractivity contribution in [1.82, 2.24) is 5.32 Å².